The van der Waals surface area contributed by atoms with Crippen LogP contribution in [0.2, 0.25) is 0 Å². The van der Waals surface area contributed by atoms with Crippen LogP contribution in [0.3, 0.4) is 0 Å². The minimum Gasteiger partial charge on any atom is -0.305 e. The molecule has 0 radical (unpaired) electrons. The molecule has 0 saturated carbocycles. The summed E-state index contributed by atoms with van der Waals surface area (Å²) in [5.74, 6) is 0. The molecule has 2 N–H and O–H groups in total. The molecule has 0 fully saturated rings. The summed E-state index contributed by atoms with van der Waals surface area (Å²) in [5.41, 5.74) is 0. The van der Waals surface area contributed by atoms with Gasteiger partial charge in [0.05, 0.1) is 0 Å². The van der Waals surface area contributed by atoms with Crippen molar-refractivity contribution in [2.24, 2.45) is 0 Å². The van der Waals surface area contributed by atoms with Gasteiger partial charge in [-0.2, -0.15) is 0 Å². The molecule has 0 heterocycles. The Labute approximate surface area is 80.8 Å². The van der Waals surface area contributed by atoms with Crippen molar-refractivity contribution in [2.45, 2.75) is 6.92 Å². The average molecular weight is 208 g/mol. The third kappa shape index (κ3) is 7.04. The Bertz CT molecular complexity index is 135. The normalized spacial score (nSPS) is 12.9. The summed E-state index contributed by atoms with van der Waals surface area (Å²) >= 11 is 3.78. The van der Waals surface area contributed by atoms with Crippen molar-refractivity contribution in [3.63, 3.8) is 0 Å². The van der Waals surface area contributed by atoms with E-state index in [-0.39, 0.29) is 4.86 Å². The van der Waals surface area contributed by atoms with Gasteiger partial charge in [0.2, 0.25) is 4.86 Å². The van der Waals surface area contributed by atoms with Crippen LogP contribution in [0.25, 0.3) is 0 Å². The van der Waals surface area contributed by atoms with Crippen LogP contribution in [0.4, 0.5) is 4.79 Å². The first kappa shape index (κ1) is 12.4. The molecule has 1 unspecified atom stereocenters. The topological polar surface area (TPSA) is 41.1 Å². The molecule has 0 aliphatic rings. The lowest BCUT2D eigenvalue weighted by Gasteiger charge is -2.08. The van der Waals surface area contributed by atoms with Gasteiger partial charge in [0.25, 0.3) is 0 Å². The fraction of sp³-hybridized carbons (Fsp3) is 0.857. The molecule has 3 nitrogen and oxygen atoms in total. The molecule has 5 heteroatoms. The molecule has 0 aromatic rings. The Hall–Kier alpha value is 0.370. The lowest BCUT2D eigenvalue weighted by Crippen LogP contribution is -2.30. The fourth-order valence-corrected chi connectivity index (χ4v) is 1.63. The Morgan fingerprint density at radius 1 is 1.50 bits per heavy atom. The number of hydrogen-bond donors (Lipinski definition) is 3. The standard InChI is InChI=1S/C7H17N2OPS/c1-3-8-6-9-4-5-11(2)7(10)12/h8-9H,3-6H2,1-2H3,(H,10,12). The molecule has 0 rings (SSSR count). The second kappa shape index (κ2) is 7.99. The van der Waals surface area contributed by atoms with Crippen molar-refractivity contribution in [1.29, 1.82) is 0 Å². The number of nitrogens with one attached hydrogen (secondary N) is 2. The zero-order valence-electron chi connectivity index (χ0n) is 7.63. The highest BCUT2D eigenvalue weighted by molar-refractivity contribution is 8.13. The minimum absolute atomic E-state index is 0.0373. The summed E-state index contributed by atoms with van der Waals surface area (Å²) in [6, 6.07) is 0. The molecule has 0 aliphatic carbocycles. The van der Waals surface area contributed by atoms with Crippen molar-refractivity contribution in [3.05, 3.63) is 0 Å². The van der Waals surface area contributed by atoms with Gasteiger partial charge < -0.3 is 10.6 Å². The Morgan fingerprint density at radius 2 is 2.17 bits per heavy atom. The Balaban J connectivity index is 3.14. The maximum Gasteiger partial charge on any atom is 0.206 e. The molecule has 0 amide bonds. The molecule has 0 saturated heterocycles. The number of carbonyl (C=O) groups excluding carboxylic acids is 1. The van der Waals surface area contributed by atoms with Crippen molar-refractivity contribution in [3.8, 4) is 0 Å². The van der Waals surface area contributed by atoms with E-state index >= 15 is 0 Å². The van der Waals surface area contributed by atoms with Gasteiger partial charge in [0, 0.05) is 13.2 Å². The van der Waals surface area contributed by atoms with Crippen molar-refractivity contribution in [1.82, 2.24) is 10.6 Å². The third-order valence-corrected chi connectivity index (χ3v) is 4.02. The lowest BCUT2D eigenvalue weighted by atomic mass is 10.7. The van der Waals surface area contributed by atoms with Crippen molar-refractivity contribution >= 4 is 25.4 Å². The Morgan fingerprint density at radius 3 is 2.67 bits per heavy atom. The van der Waals surface area contributed by atoms with Gasteiger partial charge in [-0.3, -0.25) is 4.79 Å². The van der Waals surface area contributed by atoms with Gasteiger partial charge in [0.1, 0.15) is 0 Å². The van der Waals surface area contributed by atoms with Crippen LogP contribution in [0.5, 0.6) is 0 Å². The van der Waals surface area contributed by atoms with E-state index in [0.29, 0.717) is 0 Å². The van der Waals surface area contributed by atoms with E-state index < -0.39 is 7.92 Å². The van der Waals surface area contributed by atoms with E-state index in [4.69, 9.17) is 0 Å². The molecule has 0 aromatic carbocycles. The zero-order chi connectivity index (χ0) is 9.40. The maximum atomic E-state index is 10.7. The number of thiol groups is 1. The van der Waals surface area contributed by atoms with Gasteiger partial charge in [-0.1, -0.05) is 6.92 Å². The summed E-state index contributed by atoms with van der Waals surface area (Å²) in [5, 5.41) is 6.33. The molecule has 12 heavy (non-hydrogen) atoms. The summed E-state index contributed by atoms with van der Waals surface area (Å²) in [4.78, 5) is 10.8. The summed E-state index contributed by atoms with van der Waals surface area (Å²) in [7, 11) is -0.525. The average Bonchev–Trinajstić information content (AvgIpc) is 2.03. The molecular weight excluding hydrogens is 191 g/mol. The van der Waals surface area contributed by atoms with Crippen LogP contribution in [-0.2, 0) is 0 Å². The van der Waals surface area contributed by atoms with Gasteiger partial charge in [0.15, 0.2) is 0 Å². The van der Waals surface area contributed by atoms with Crippen LogP contribution >= 0.6 is 20.6 Å². The molecule has 0 aromatic heterocycles. The number of rotatable bonds is 7. The van der Waals surface area contributed by atoms with Gasteiger partial charge in [-0.05, 0) is 27.3 Å². The second-order valence-electron chi connectivity index (χ2n) is 2.48. The first-order valence-corrected chi connectivity index (χ1v) is 6.46. The van der Waals surface area contributed by atoms with Gasteiger partial charge in [-0.15, -0.1) is 12.6 Å². The van der Waals surface area contributed by atoms with Gasteiger partial charge >= 0.3 is 0 Å². The first-order valence-electron chi connectivity index (χ1n) is 4.04. The smallest absolute Gasteiger partial charge is 0.206 e. The predicted molar refractivity (Wildman–Crippen MR) is 58.6 cm³/mol. The summed E-state index contributed by atoms with van der Waals surface area (Å²) in [6.45, 7) is 6.70. The highest BCUT2D eigenvalue weighted by atomic mass is 32.1. The molecule has 0 spiro atoms. The fourth-order valence-electron chi connectivity index (χ4n) is 0.644. The minimum atomic E-state index is -0.525. The molecule has 72 valence electrons. The van der Waals surface area contributed by atoms with E-state index in [0.717, 1.165) is 25.9 Å². The Kier molecular flexibility index (Phi) is 8.24. The SMILES string of the molecule is CCNCNCCP(C)C(=O)S. The summed E-state index contributed by atoms with van der Waals surface area (Å²) in [6.07, 6.45) is 0.920. The first-order chi connectivity index (χ1) is 5.68. The van der Waals surface area contributed by atoms with Crippen LogP contribution < -0.4 is 10.6 Å². The molecule has 0 aliphatic heterocycles. The highest BCUT2D eigenvalue weighted by Crippen LogP contribution is 2.32. The maximum absolute atomic E-state index is 10.7. The zero-order valence-corrected chi connectivity index (χ0v) is 9.42. The predicted octanol–water partition coefficient (Wildman–Crippen LogP) is 1.30. The number of hydrogen-bond acceptors (Lipinski definition) is 3. The van der Waals surface area contributed by atoms with Crippen molar-refractivity contribution < 1.29 is 4.79 Å². The number of carbonyl (C=O) groups is 1. The third-order valence-electron chi connectivity index (χ3n) is 1.45. The molecule has 0 bridgehead atoms. The van der Waals surface area contributed by atoms with E-state index in [1.54, 1.807) is 0 Å². The molecular formula is C7H17N2OPS. The lowest BCUT2D eigenvalue weighted by molar-refractivity contribution is 0.276. The highest BCUT2D eigenvalue weighted by Gasteiger charge is 2.05. The van der Waals surface area contributed by atoms with Crippen LogP contribution in [0, 0.1) is 0 Å². The summed E-state index contributed by atoms with van der Waals surface area (Å²) < 4.78 is 0. The van der Waals surface area contributed by atoms with E-state index in [9.17, 15) is 4.79 Å². The van der Waals surface area contributed by atoms with E-state index in [2.05, 4.69) is 30.2 Å². The van der Waals surface area contributed by atoms with Crippen molar-refractivity contribution in [2.75, 3.05) is 32.6 Å². The monoisotopic (exact) mass is 208 g/mol. The van der Waals surface area contributed by atoms with Crippen LogP contribution in [0.15, 0.2) is 0 Å². The van der Waals surface area contributed by atoms with Gasteiger partial charge in [-0.25, -0.2) is 0 Å². The second-order valence-corrected chi connectivity index (χ2v) is 5.49. The largest absolute Gasteiger partial charge is 0.305 e. The van der Waals surface area contributed by atoms with Crippen LogP contribution in [-0.4, -0.2) is 37.4 Å². The quantitative estimate of drug-likeness (QED) is 0.256. The van der Waals surface area contributed by atoms with E-state index in [1.807, 2.05) is 6.66 Å². The van der Waals surface area contributed by atoms with Crippen LogP contribution in [0.1, 0.15) is 6.92 Å². The molecule has 1 atom stereocenters. The van der Waals surface area contributed by atoms with E-state index in [1.165, 1.54) is 0 Å².